The number of nitro groups is 1. The lowest BCUT2D eigenvalue weighted by molar-refractivity contribution is -0.383. The van der Waals surface area contributed by atoms with Crippen molar-refractivity contribution in [3.8, 4) is 11.4 Å². The maximum Gasteiger partial charge on any atom is 0.292 e. The first-order chi connectivity index (χ1) is 13.9. The second kappa shape index (κ2) is 8.74. The number of nitrogens with zero attached hydrogens (tertiary/aromatic N) is 5. The Labute approximate surface area is 171 Å². The van der Waals surface area contributed by atoms with Crippen LogP contribution in [-0.4, -0.2) is 45.4 Å². The van der Waals surface area contributed by atoms with E-state index >= 15 is 0 Å². The van der Waals surface area contributed by atoms with Gasteiger partial charge in [0.2, 0.25) is 5.91 Å². The number of amides is 1. The molecular weight excluding hydrogens is 392 g/mol. The lowest BCUT2D eigenvalue weighted by Crippen LogP contribution is -2.15. The van der Waals surface area contributed by atoms with Gasteiger partial charge in [0.25, 0.3) is 5.69 Å². The van der Waals surface area contributed by atoms with E-state index in [0.29, 0.717) is 11.0 Å². The third kappa shape index (κ3) is 4.72. The van der Waals surface area contributed by atoms with Crippen molar-refractivity contribution in [2.75, 3.05) is 30.1 Å². The van der Waals surface area contributed by atoms with E-state index < -0.39 is 4.92 Å². The van der Waals surface area contributed by atoms with Crippen LogP contribution in [0.1, 0.15) is 0 Å². The van der Waals surface area contributed by atoms with Crippen LogP contribution in [-0.2, 0) is 11.8 Å². The van der Waals surface area contributed by atoms with Gasteiger partial charge in [0.1, 0.15) is 5.69 Å². The summed E-state index contributed by atoms with van der Waals surface area (Å²) in [6.45, 7) is 0. The maximum absolute atomic E-state index is 12.2. The molecule has 0 spiro atoms. The number of carbonyl (C=O) groups is 1. The van der Waals surface area contributed by atoms with Crippen LogP contribution in [0.15, 0.2) is 53.7 Å². The molecule has 1 aromatic heterocycles. The van der Waals surface area contributed by atoms with Crippen LogP contribution in [0, 0.1) is 10.1 Å². The van der Waals surface area contributed by atoms with Crippen LogP contribution in [0.25, 0.3) is 11.4 Å². The van der Waals surface area contributed by atoms with Crippen molar-refractivity contribution in [2.45, 2.75) is 5.16 Å². The van der Waals surface area contributed by atoms with Crippen molar-refractivity contribution in [2.24, 2.45) is 7.05 Å². The minimum absolute atomic E-state index is 0.0532. The number of nitrogens with one attached hydrogen (secondary N) is 1. The molecule has 0 radical (unpaired) electrons. The van der Waals surface area contributed by atoms with Gasteiger partial charge in [-0.15, -0.1) is 10.2 Å². The Morgan fingerprint density at radius 1 is 1.17 bits per heavy atom. The largest absolute Gasteiger partial charge is 0.378 e. The summed E-state index contributed by atoms with van der Waals surface area (Å²) in [5, 5.41) is 22.6. The Kier molecular flexibility index (Phi) is 6.13. The van der Waals surface area contributed by atoms with Crippen molar-refractivity contribution >= 4 is 34.7 Å². The minimum Gasteiger partial charge on any atom is -0.378 e. The van der Waals surface area contributed by atoms with E-state index in [1.165, 1.54) is 23.9 Å². The molecule has 0 unspecified atom stereocenters. The predicted molar refractivity (Wildman–Crippen MR) is 113 cm³/mol. The molecule has 2 aromatic carbocycles. The van der Waals surface area contributed by atoms with Crippen LogP contribution in [0.2, 0.25) is 0 Å². The van der Waals surface area contributed by atoms with Gasteiger partial charge in [0.15, 0.2) is 11.0 Å². The number of hydrogen-bond donors (Lipinski definition) is 1. The SMILES string of the molecule is CN(C)c1ccc(-c2nnc(SCC(=O)Nc3ccccc3[N+](=O)[O-])n2C)cc1. The van der Waals surface area contributed by atoms with Gasteiger partial charge < -0.3 is 14.8 Å². The lowest BCUT2D eigenvalue weighted by atomic mass is 10.2. The van der Waals surface area contributed by atoms with E-state index in [9.17, 15) is 14.9 Å². The van der Waals surface area contributed by atoms with Gasteiger partial charge in [0, 0.05) is 38.5 Å². The zero-order valence-electron chi connectivity index (χ0n) is 16.2. The number of anilines is 2. The van der Waals surface area contributed by atoms with Crippen LogP contribution in [0.3, 0.4) is 0 Å². The number of hydrogen-bond acceptors (Lipinski definition) is 7. The van der Waals surface area contributed by atoms with Crippen molar-refractivity contribution < 1.29 is 9.72 Å². The molecule has 3 aromatic rings. The Hall–Kier alpha value is -3.40. The molecule has 1 amide bonds. The van der Waals surface area contributed by atoms with E-state index in [1.807, 2.05) is 54.9 Å². The van der Waals surface area contributed by atoms with Crippen molar-refractivity contribution in [3.05, 3.63) is 58.6 Å². The quantitative estimate of drug-likeness (QED) is 0.361. The van der Waals surface area contributed by atoms with E-state index in [0.717, 1.165) is 11.3 Å². The Morgan fingerprint density at radius 3 is 2.52 bits per heavy atom. The lowest BCUT2D eigenvalue weighted by Gasteiger charge is -2.12. The fourth-order valence-corrected chi connectivity index (χ4v) is 3.37. The molecule has 0 aliphatic heterocycles. The van der Waals surface area contributed by atoms with Crippen molar-refractivity contribution in [1.29, 1.82) is 0 Å². The average molecular weight is 412 g/mol. The standard InChI is InChI=1S/C19H20N6O3S/c1-23(2)14-10-8-13(9-11-14)18-21-22-19(24(18)3)29-12-17(26)20-15-6-4-5-7-16(15)25(27)28/h4-11H,12H2,1-3H3,(H,20,26). The number of para-hydroxylation sites is 2. The van der Waals surface area contributed by atoms with Crippen LogP contribution < -0.4 is 10.2 Å². The number of aromatic nitrogens is 3. The molecule has 9 nitrogen and oxygen atoms in total. The molecule has 0 bridgehead atoms. The zero-order chi connectivity index (χ0) is 21.0. The van der Waals surface area contributed by atoms with Gasteiger partial charge in [-0.25, -0.2) is 0 Å². The molecule has 10 heteroatoms. The van der Waals surface area contributed by atoms with Gasteiger partial charge in [0.05, 0.1) is 10.7 Å². The summed E-state index contributed by atoms with van der Waals surface area (Å²) in [6, 6.07) is 14.0. The molecule has 150 valence electrons. The number of benzene rings is 2. The van der Waals surface area contributed by atoms with Crippen molar-refractivity contribution in [1.82, 2.24) is 14.8 Å². The normalized spacial score (nSPS) is 10.6. The Morgan fingerprint density at radius 2 is 1.86 bits per heavy atom. The van der Waals surface area contributed by atoms with Gasteiger partial charge in [-0.2, -0.15) is 0 Å². The smallest absolute Gasteiger partial charge is 0.292 e. The molecule has 0 saturated heterocycles. The molecule has 1 heterocycles. The van der Waals surface area contributed by atoms with Crippen molar-refractivity contribution in [3.63, 3.8) is 0 Å². The van der Waals surface area contributed by atoms with E-state index in [2.05, 4.69) is 15.5 Å². The van der Waals surface area contributed by atoms with Gasteiger partial charge in [-0.1, -0.05) is 23.9 Å². The number of rotatable bonds is 7. The summed E-state index contributed by atoms with van der Waals surface area (Å²) in [6.07, 6.45) is 0. The number of nitro benzene ring substituents is 1. The summed E-state index contributed by atoms with van der Waals surface area (Å²) < 4.78 is 1.81. The van der Waals surface area contributed by atoms with E-state index in [-0.39, 0.29) is 23.0 Å². The molecule has 3 rings (SSSR count). The highest BCUT2D eigenvalue weighted by Crippen LogP contribution is 2.26. The molecule has 0 atom stereocenters. The molecular formula is C19H20N6O3S. The van der Waals surface area contributed by atoms with Gasteiger partial charge >= 0.3 is 0 Å². The number of thioether (sulfide) groups is 1. The van der Waals surface area contributed by atoms with Gasteiger partial charge in [-0.05, 0) is 30.3 Å². The molecule has 0 saturated carbocycles. The second-order valence-electron chi connectivity index (χ2n) is 6.42. The Balaban J connectivity index is 1.66. The van der Waals surface area contributed by atoms with Gasteiger partial charge in [-0.3, -0.25) is 14.9 Å². The van der Waals surface area contributed by atoms with E-state index in [1.54, 1.807) is 12.1 Å². The third-order valence-electron chi connectivity index (χ3n) is 4.18. The molecule has 1 N–H and O–H groups in total. The Bertz CT molecular complexity index is 1030. The summed E-state index contributed by atoms with van der Waals surface area (Å²) >= 11 is 1.21. The zero-order valence-corrected chi connectivity index (χ0v) is 17.0. The van der Waals surface area contributed by atoms with Crippen LogP contribution >= 0.6 is 11.8 Å². The highest BCUT2D eigenvalue weighted by atomic mass is 32.2. The van der Waals surface area contributed by atoms with E-state index in [4.69, 9.17) is 0 Å². The first kappa shape index (κ1) is 20.3. The first-order valence-electron chi connectivity index (χ1n) is 8.70. The summed E-state index contributed by atoms with van der Waals surface area (Å²) in [5.74, 6) is 0.388. The summed E-state index contributed by atoms with van der Waals surface area (Å²) in [7, 11) is 5.78. The third-order valence-corrected chi connectivity index (χ3v) is 5.20. The highest BCUT2D eigenvalue weighted by Gasteiger charge is 2.17. The molecule has 29 heavy (non-hydrogen) atoms. The summed E-state index contributed by atoms with van der Waals surface area (Å²) in [5.41, 5.74) is 2.02. The topological polar surface area (TPSA) is 106 Å². The van der Waals surface area contributed by atoms with Crippen LogP contribution in [0.4, 0.5) is 17.1 Å². The monoisotopic (exact) mass is 412 g/mol. The molecule has 0 fully saturated rings. The minimum atomic E-state index is -0.528. The highest BCUT2D eigenvalue weighted by molar-refractivity contribution is 7.99. The average Bonchev–Trinajstić information content (AvgIpc) is 3.07. The molecule has 0 aliphatic carbocycles. The molecule has 0 aliphatic rings. The fourth-order valence-electron chi connectivity index (χ4n) is 2.66. The maximum atomic E-state index is 12.2. The fraction of sp³-hybridized carbons (Fsp3) is 0.211. The first-order valence-corrected chi connectivity index (χ1v) is 9.68. The van der Waals surface area contributed by atoms with Crippen LogP contribution in [0.5, 0.6) is 0 Å². The predicted octanol–water partition coefficient (Wildman–Crippen LogP) is 3.19. The summed E-state index contributed by atoms with van der Waals surface area (Å²) in [4.78, 5) is 24.8. The number of carbonyl (C=O) groups excluding carboxylic acids is 1. The second-order valence-corrected chi connectivity index (χ2v) is 7.36.